The van der Waals surface area contributed by atoms with Gasteiger partial charge < -0.3 is 10.4 Å². The van der Waals surface area contributed by atoms with Gasteiger partial charge in [0.05, 0.1) is 0 Å². The molecule has 21 heavy (non-hydrogen) atoms. The van der Waals surface area contributed by atoms with E-state index in [9.17, 15) is 14.7 Å². The fraction of sp³-hybridized carbons (Fsp3) is 0.500. The predicted octanol–water partition coefficient (Wildman–Crippen LogP) is 3.07. The Kier molecular flexibility index (Phi) is 5.67. The number of hydrogen-bond acceptors (Lipinski definition) is 3. The normalized spacial score (nSPS) is 17.1. The van der Waals surface area contributed by atoms with Crippen molar-refractivity contribution in [1.29, 1.82) is 0 Å². The molecule has 0 spiro atoms. The number of aliphatic carboxylic acids is 1. The first kappa shape index (κ1) is 15.9. The minimum Gasteiger partial charge on any atom is -0.480 e. The molecule has 1 fully saturated rings. The van der Waals surface area contributed by atoms with Crippen LogP contribution in [-0.4, -0.2) is 28.3 Å². The Morgan fingerprint density at radius 2 is 1.81 bits per heavy atom. The molecule has 1 amide bonds. The molecule has 0 bridgehead atoms. The number of carbonyl (C=O) groups is 2. The summed E-state index contributed by atoms with van der Waals surface area (Å²) < 4.78 is 0. The van der Waals surface area contributed by atoms with Crippen molar-refractivity contribution in [3.8, 4) is 0 Å². The molecule has 0 aromatic heterocycles. The average molecular weight is 307 g/mol. The van der Waals surface area contributed by atoms with Crippen molar-refractivity contribution in [2.45, 2.75) is 49.0 Å². The predicted molar refractivity (Wildman–Crippen MR) is 83.4 cm³/mol. The zero-order valence-corrected chi connectivity index (χ0v) is 12.8. The summed E-state index contributed by atoms with van der Waals surface area (Å²) in [5, 5.41) is 12.2. The molecular formula is C16H21NO3S. The molecule has 2 rings (SSSR count). The Labute approximate surface area is 129 Å². The number of amides is 1. The second-order valence-electron chi connectivity index (χ2n) is 5.41. The van der Waals surface area contributed by atoms with Crippen LogP contribution in [0.1, 0.15) is 38.5 Å². The van der Waals surface area contributed by atoms with E-state index in [1.807, 2.05) is 30.3 Å². The van der Waals surface area contributed by atoms with Crippen molar-refractivity contribution in [3.05, 3.63) is 30.3 Å². The van der Waals surface area contributed by atoms with Crippen LogP contribution in [0.4, 0.5) is 0 Å². The van der Waals surface area contributed by atoms with Crippen LogP contribution in [0.3, 0.4) is 0 Å². The van der Waals surface area contributed by atoms with Gasteiger partial charge in [-0.3, -0.25) is 4.79 Å². The molecule has 1 aromatic rings. The van der Waals surface area contributed by atoms with Gasteiger partial charge >= 0.3 is 5.97 Å². The van der Waals surface area contributed by atoms with Gasteiger partial charge in [0.1, 0.15) is 5.54 Å². The van der Waals surface area contributed by atoms with Crippen LogP contribution < -0.4 is 5.32 Å². The molecule has 1 aliphatic rings. The maximum Gasteiger partial charge on any atom is 0.329 e. The zero-order valence-electron chi connectivity index (χ0n) is 12.0. The van der Waals surface area contributed by atoms with Crippen LogP contribution in [-0.2, 0) is 9.59 Å². The number of hydrogen-bond donors (Lipinski definition) is 2. The molecule has 1 aromatic carbocycles. The van der Waals surface area contributed by atoms with Crippen molar-refractivity contribution in [1.82, 2.24) is 5.32 Å². The first-order chi connectivity index (χ1) is 10.1. The summed E-state index contributed by atoms with van der Waals surface area (Å²) in [4.78, 5) is 24.6. The molecule has 0 saturated heterocycles. The number of thioether (sulfide) groups is 1. The molecule has 0 aliphatic heterocycles. The highest BCUT2D eigenvalue weighted by atomic mass is 32.2. The number of carboxylic acid groups (broad SMARTS) is 1. The van der Waals surface area contributed by atoms with Crippen molar-refractivity contribution in [2.75, 3.05) is 5.75 Å². The highest BCUT2D eigenvalue weighted by Gasteiger charge is 2.40. The molecule has 1 aliphatic carbocycles. The number of carboxylic acids is 1. The summed E-state index contributed by atoms with van der Waals surface area (Å²) in [6.45, 7) is 0. The molecule has 4 nitrogen and oxygen atoms in total. The van der Waals surface area contributed by atoms with Crippen molar-refractivity contribution in [3.63, 3.8) is 0 Å². The van der Waals surface area contributed by atoms with Gasteiger partial charge in [-0.15, -0.1) is 11.8 Å². The molecule has 5 heteroatoms. The summed E-state index contributed by atoms with van der Waals surface area (Å²) in [7, 11) is 0. The Bertz CT molecular complexity index is 484. The lowest BCUT2D eigenvalue weighted by Gasteiger charge is -2.34. The Morgan fingerprint density at radius 1 is 1.14 bits per heavy atom. The van der Waals surface area contributed by atoms with Crippen LogP contribution in [0.15, 0.2) is 35.2 Å². The summed E-state index contributed by atoms with van der Waals surface area (Å²) in [6, 6.07) is 9.88. The maximum absolute atomic E-state index is 12.0. The van der Waals surface area contributed by atoms with Crippen molar-refractivity contribution >= 4 is 23.6 Å². The number of nitrogens with one attached hydrogen (secondary N) is 1. The fourth-order valence-corrected chi connectivity index (χ4v) is 3.53. The number of carbonyl (C=O) groups excluding carboxylic acids is 1. The van der Waals surface area contributed by atoms with E-state index >= 15 is 0 Å². The lowest BCUT2D eigenvalue weighted by Crippen LogP contribution is -2.55. The van der Waals surface area contributed by atoms with E-state index in [2.05, 4.69) is 5.32 Å². The molecule has 1 saturated carbocycles. The highest BCUT2D eigenvalue weighted by Crippen LogP contribution is 2.28. The van der Waals surface area contributed by atoms with Crippen molar-refractivity contribution < 1.29 is 14.7 Å². The standard InChI is InChI=1S/C16H21NO3S/c18-14(9-12-21-13-7-3-1-4-8-13)17-16(15(19)20)10-5-2-6-11-16/h1,3-4,7-8H,2,5-6,9-12H2,(H,17,18)(H,19,20). The minimum atomic E-state index is -1.03. The third kappa shape index (κ3) is 4.49. The van der Waals surface area contributed by atoms with E-state index < -0.39 is 11.5 Å². The zero-order chi connectivity index (χ0) is 15.1. The van der Waals surface area contributed by atoms with Crippen LogP contribution in [0.25, 0.3) is 0 Å². The minimum absolute atomic E-state index is 0.164. The van der Waals surface area contributed by atoms with Gasteiger partial charge in [0.15, 0.2) is 0 Å². The Morgan fingerprint density at radius 3 is 2.43 bits per heavy atom. The summed E-state index contributed by atoms with van der Waals surface area (Å²) in [6.07, 6.45) is 4.21. The summed E-state index contributed by atoms with van der Waals surface area (Å²) >= 11 is 1.61. The molecule has 114 valence electrons. The van der Waals surface area contributed by atoms with Gasteiger partial charge in [-0.05, 0) is 25.0 Å². The molecule has 0 radical (unpaired) electrons. The molecule has 0 heterocycles. The van der Waals surface area contributed by atoms with Gasteiger partial charge in [-0.1, -0.05) is 37.5 Å². The summed E-state index contributed by atoms with van der Waals surface area (Å²) in [5.41, 5.74) is -1.03. The van der Waals surface area contributed by atoms with E-state index in [1.165, 1.54) is 0 Å². The third-order valence-corrected chi connectivity index (χ3v) is 4.85. The fourth-order valence-electron chi connectivity index (χ4n) is 2.66. The number of rotatable bonds is 6. The van der Waals surface area contributed by atoms with Gasteiger partial charge in [-0.2, -0.15) is 0 Å². The van der Waals surface area contributed by atoms with Crippen molar-refractivity contribution in [2.24, 2.45) is 0 Å². The first-order valence-electron chi connectivity index (χ1n) is 7.35. The first-order valence-corrected chi connectivity index (χ1v) is 8.33. The summed E-state index contributed by atoms with van der Waals surface area (Å²) in [5.74, 6) is -0.403. The van der Waals surface area contributed by atoms with Gasteiger partial charge in [0.2, 0.25) is 5.91 Å². The van der Waals surface area contributed by atoms with E-state index in [0.717, 1.165) is 24.2 Å². The average Bonchev–Trinajstić information content (AvgIpc) is 2.49. The van der Waals surface area contributed by atoms with E-state index in [4.69, 9.17) is 0 Å². The lowest BCUT2D eigenvalue weighted by molar-refractivity contribution is -0.149. The topological polar surface area (TPSA) is 66.4 Å². The Hall–Kier alpha value is -1.49. The van der Waals surface area contributed by atoms with E-state index in [0.29, 0.717) is 25.0 Å². The third-order valence-electron chi connectivity index (χ3n) is 3.84. The largest absolute Gasteiger partial charge is 0.480 e. The van der Waals surface area contributed by atoms with Crippen LogP contribution >= 0.6 is 11.8 Å². The van der Waals surface area contributed by atoms with Crippen LogP contribution in [0.5, 0.6) is 0 Å². The van der Waals surface area contributed by atoms with Crippen LogP contribution in [0.2, 0.25) is 0 Å². The maximum atomic E-state index is 12.0. The Balaban J connectivity index is 1.81. The second kappa shape index (κ2) is 7.50. The van der Waals surface area contributed by atoms with E-state index in [-0.39, 0.29) is 5.91 Å². The molecule has 0 unspecified atom stereocenters. The molecule has 2 N–H and O–H groups in total. The monoisotopic (exact) mass is 307 g/mol. The van der Waals surface area contributed by atoms with Crippen LogP contribution in [0, 0.1) is 0 Å². The highest BCUT2D eigenvalue weighted by molar-refractivity contribution is 7.99. The second-order valence-corrected chi connectivity index (χ2v) is 6.58. The molecular weight excluding hydrogens is 286 g/mol. The lowest BCUT2D eigenvalue weighted by atomic mass is 9.81. The van der Waals surface area contributed by atoms with Gasteiger partial charge in [0.25, 0.3) is 0 Å². The van der Waals surface area contributed by atoms with Gasteiger partial charge in [-0.25, -0.2) is 4.79 Å². The quantitative estimate of drug-likeness (QED) is 0.793. The number of benzene rings is 1. The van der Waals surface area contributed by atoms with E-state index in [1.54, 1.807) is 11.8 Å². The van der Waals surface area contributed by atoms with Gasteiger partial charge in [0, 0.05) is 17.1 Å². The molecule has 0 atom stereocenters. The smallest absolute Gasteiger partial charge is 0.329 e. The SMILES string of the molecule is O=C(CCSc1ccccc1)NC1(C(=O)O)CCCCC1.